The van der Waals surface area contributed by atoms with E-state index in [-0.39, 0.29) is 6.09 Å². The molecular formula is C14H15NO2. The lowest BCUT2D eigenvalue weighted by Crippen LogP contribution is -2.34. The Labute approximate surface area is 101 Å². The molecule has 17 heavy (non-hydrogen) atoms. The SMILES string of the molecule is CC1=C=CCN(C(=O)OCc2ccccc2)C1. The fourth-order valence-corrected chi connectivity index (χ4v) is 1.68. The summed E-state index contributed by atoms with van der Waals surface area (Å²) in [6.45, 7) is 3.45. The summed E-state index contributed by atoms with van der Waals surface area (Å²) in [4.78, 5) is 13.4. The normalized spacial score (nSPS) is 14.4. The number of nitrogens with zero attached hydrogens (tertiary/aromatic N) is 1. The zero-order chi connectivity index (χ0) is 12.1. The molecule has 0 N–H and O–H groups in total. The van der Waals surface area contributed by atoms with Crippen LogP contribution in [0.1, 0.15) is 12.5 Å². The predicted octanol–water partition coefficient (Wildman–Crippen LogP) is 2.74. The number of benzene rings is 1. The highest BCUT2D eigenvalue weighted by Crippen LogP contribution is 2.07. The second-order valence-electron chi connectivity index (χ2n) is 4.05. The monoisotopic (exact) mass is 229 g/mol. The first-order chi connectivity index (χ1) is 8.25. The van der Waals surface area contributed by atoms with Crippen molar-refractivity contribution in [2.24, 2.45) is 0 Å². The van der Waals surface area contributed by atoms with Crippen LogP contribution in [0.25, 0.3) is 0 Å². The van der Waals surface area contributed by atoms with Crippen LogP contribution >= 0.6 is 0 Å². The van der Waals surface area contributed by atoms with Gasteiger partial charge in [-0.1, -0.05) is 30.3 Å². The zero-order valence-corrected chi connectivity index (χ0v) is 9.85. The van der Waals surface area contributed by atoms with Gasteiger partial charge >= 0.3 is 6.09 Å². The van der Waals surface area contributed by atoms with Gasteiger partial charge in [0.2, 0.25) is 0 Å². The highest BCUT2D eigenvalue weighted by Gasteiger charge is 2.15. The van der Waals surface area contributed by atoms with Crippen molar-refractivity contribution >= 4 is 6.09 Å². The van der Waals surface area contributed by atoms with Crippen LogP contribution in [0.3, 0.4) is 0 Å². The maximum Gasteiger partial charge on any atom is 0.410 e. The molecule has 1 aromatic carbocycles. The van der Waals surface area contributed by atoms with Crippen LogP contribution in [0.4, 0.5) is 4.79 Å². The van der Waals surface area contributed by atoms with Crippen molar-refractivity contribution in [1.82, 2.24) is 4.90 Å². The van der Waals surface area contributed by atoms with Gasteiger partial charge in [-0.15, -0.1) is 5.73 Å². The third kappa shape index (κ3) is 3.23. The minimum Gasteiger partial charge on any atom is -0.445 e. The third-order valence-electron chi connectivity index (χ3n) is 2.55. The molecule has 0 fully saturated rings. The van der Waals surface area contributed by atoms with Crippen LogP contribution in [0.5, 0.6) is 0 Å². The molecular weight excluding hydrogens is 214 g/mol. The minimum absolute atomic E-state index is 0.272. The number of hydrogen-bond donors (Lipinski definition) is 0. The van der Waals surface area contributed by atoms with E-state index in [1.165, 1.54) is 0 Å². The van der Waals surface area contributed by atoms with Crippen LogP contribution in [0, 0.1) is 0 Å². The van der Waals surface area contributed by atoms with Crippen LogP contribution in [0.15, 0.2) is 47.7 Å². The topological polar surface area (TPSA) is 29.5 Å². The highest BCUT2D eigenvalue weighted by molar-refractivity contribution is 5.68. The fraction of sp³-hybridized carbons (Fsp3) is 0.286. The summed E-state index contributed by atoms with van der Waals surface area (Å²) in [5, 5.41) is 0. The van der Waals surface area contributed by atoms with E-state index in [4.69, 9.17) is 4.74 Å². The van der Waals surface area contributed by atoms with Gasteiger partial charge in [0.15, 0.2) is 0 Å². The van der Waals surface area contributed by atoms with Gasteiger partial charge in [-0.3, -0.25) is 4.90 Å². The molecule has 1 aliphatic rings. The maximum atomic E-state index is 11.8. The first-order valence-electron chi connectivity index (χ1n) is 5.62. The lowest BCUT2D eigenvalue weighted by atomic mass is 10.2. The second-order valence-corrected chi connectivity index (χ2v) is 4.05. The fourth-order valence-electron chi connectivity index (χ4n) is 1.68. The molecule has 0 saturated carbocycles. The van der Waals surface area contributed by atoms with E-state index < -0.39 is 0 Å². The molecule has 1 heterocycles. The van der Waals surface area contributed by atoms with Crippen molar-refractivity contribution in [3.8, 4) is 0 Å². The summed E-state index contributed by atoms with van der Waals surface area (Å²) in [6, 6.07) is 9.68. The first kappa shape index (κ1) is 11.5. The molecule has 3 nitrogen and oxygen atoms in total. The summed E-state index contributed by atoms with van der Waals surface area (Å²) in [7, 11) is 0. The van der Waals surface area contributed by atoms with Crippen molar-refractivity contribution in [3.05, 3.63) is 53.3 Å². The van der Waals surface area contributed by atoms with E-state index in [1.54, 1.807) is 4.90 Å². The van der Waals surface area contributed by atoms with Crippen LogP contribution in [-0.4, -0.2) is 24.1 Å². The van der Waals surface area contributed by atoms with Crippen LogP contribution in [-0.2, 0) is 11.3 Å². The van der Waals surface area contributed by atoms with Crippen molar-refractivity contribution in [2.75, 3.05) is 13.1 Å². The lowest BCUT2D eigenvalue weighted by molar-refractivity contribution is 0.102. The van der Waals surface area contributed by atoms with E-state index in [0.29, 0.717) is 19.7 Å². The molecule has 0 radical (unpaired) electrons. The Bertz CT molecular complexity index is 458. The number of hydrogen-bond acceptors (Lipinski definition) is 2. The van der Waals surface area contributed by atoms with Crippen LogP contribution in [0.2, 0.25) is 0 Å². The second kappa shape index (κ2) is 5.37. The van der Waals surface area contributed by atoms with Gasteiger partial charge < -0.3 is 4.74 Å². The molecule has 88 valence electrons. The Hall–Kier alpha value is -1.99. The highest BCUT2D eigenvalue weighted by atomic mass is 16.6. The Morgan fingerprint density at radius 3 is 2.88 bits per heavy atom. The molecule has 2 rings (SSSR count). The van der Waals surface area contributed by atoms with E-state index >= 15 is 0 Å². The molecule has 1 aromatic rings. The lowest BCUT2D eigenvalue weighted by Gasteiger charge is -2.22. The summed E-state index contributed by atoms with van der Waals surface area (Å²) in [6.07, 6.45) is 1.58. The number of amides is 1. The molecule has 0 bridgehead atoms. The van der Waals surface area contributed by atoms with Gasteiger partial charge in [0.25, 0.3) is 0 Å². The Morgan fingerprint density at radius 1 is 1.41 bits per heavy atom. The van der Waals surface area contributed by atoms with Gasteiger partial charge in [-0.05, 0) is 24.1 Å². The third-order valence-corrected chi connectivity index (χ3v) is 2.55. The van der Waals surface area contributed by atoms with E-state index in [2.05, 4.69) is 5.73 Å². The van der Waals surface area contributed by atoms with E-state index in [1.807, 2.05) is 43.3 Å². The molecule has 1 amide bonds. The smallest absolute Gasteiger partial charge is 0.410 e. The molecule has 0 spiro atoms. The Balaban J connectivity index is 1.85. The summed E-state index contributed by atoms with van der Waals surface area (Å²) >= 11 is 0. The van der Waals surface area contributed by atoms with Crippen molar-refractivity contribution in [3.63, 3.8) is 0 Å². The quantitative estimate of drug-likeness (QED) is 0.730. The van der Waals surface area contributed by atoms with Gasteiger partial charge in [-0.2, -0.15) is 0 Å². The van der Waals surface area contributed by atoms with E-state index in [9.17, 15) is 4.79 Å². The van der Waals surface area contributed by atoms with Crippen molar-refractivity contribution in [1.29, 1.82) is 0 Å². The van der Waals surface area contributed by atoms with Gasteiger partial charge in [0, 0.05) is 6.54 Å². The molecule has 0 aliphatic carbocycles. The minimum atomic E-state index is -0.272. The molecule has 1 aliphatic heterocycles. The standard InChI is InChI=1S/C14H15NO2/c1-12-6-5-9-15(10-12)14(16)17-11-13-7-3-2-4-8-13/h2-5,7-8H,9-11H2,1H3. The summed E-state index contributed by atoms with van der Waals surface area (Å²) in [5.74, 6) is 0. The Kier molecular flexibility index (Phi) is 3.63. The van der Waals surface area contributed by atoms with Crippen LogP contribution < -0.4 is 0 Å². The average molecular weight is 229 g/mol. The summed E-state index contributed by atoms with van der Waals surface area (Å²) in [5.41, 5.74) is 5.13. The number of rotatable bonds is 2. The Morgan fingerprint density at radius 2 is 2.18 bits per heavy atom. The molecule has 0 saturated heterocycles. The molecule has 0 atom stereocenters. The van der Waals surface area contributed by atoms with Gasteiger partial charge in [-0.25, -0.2) is 4.79 Å². The van der Waals surface area contributed by atoms with Crippen molar-refractivity contribution in [2.45, 2.75) is 13.5 Å². The summed E-state index contributed by atoms with van der Waals surface area (Å²) < 4.78 is 5.24. The van der Waals surface area contributed by atoms with Gasteiger partial charge in [0.1, 0.15) is 6.61 Å². The number of ether oxygens (including phenoxy) is 1. The largest absolute Gasteiger partial charge is 0.445 e. The maximum absolute atomic E-state index is 11.8. The number of carbonyl (C=O) groups excluding carboxylic acids is 1. The zero-order valence-electron chi connectivity index (χ0n) is 9.85. The average Bonchev–Trinajstić information content (AvgIpc) is 2.37. The van der Waals surface area contributed by atoms with Gasteiger partial charge in [0.05, 0.1) is 6.54 Å². The molecule has 0 unspecified atom stereocenters. The van der Waals surface area contributed by atoms with E-state index in [0.717, 1.165) is 11.1 Å². The number of carbonyl (C=O) groups is 1. The van der Waals surface area contributed by atoms with Crippen molar-refractivity contribution < 1.29 is 9.53 Å². The first-order valence-corrected chi connectivity index (χ1v) is 5.62. The molecule has 0 aromatic heterocycles. The molecule has 3 heteroatoms. The predicted molar refractivity (Wildman–Crippen MR) is 65.5 cm³/mol.